The van der Waals surface area contributed by atoms with Gasteiger partial charge in [0.2, 0.25) is 5.91 Å². The third-order valence-electron chi connectivity index (χ3n) is 5.00. The molecule has 1 fully saturated rings. The lowest BCUT2D eigenvalue weighted by Crippen LogP contribution is -2.41. The van der Waals surface area contributed by atoms with Crippen LogP contribution in [0.25, 0.3) is 11.3 Å². The van der Waals surface area contributed by atoms with Crippen LogP contribution >= 0.6 is 15.9 Å². The molecule has 30 heavy (non-hydrogen) atoms. The van der Waals surface area contributed by atoms with E-state index in [0.29, 0.717) is 31.7 Å². The van der Waals surface area contributed by atoms with E-state index in [9.17, 15) is 14.0 Å². The summed E-state index contributed by atoms with van der Waals surface area (Å²) in [7, 11) is 0. The molecule has 0 atom stereocenters. The molecule has 1 aromatic carbocycles. The largest absolute Gasteiger partial charge is 0.355 e. The third kappa shape index (κ3) is 4.40. The van der Waals surface area contributed by atoms with Gasteiger partial charge in [-0.1, -0.05) is 17.3 Å². The molecule has 9 heteroatoms. The summed E-state index contributed by atoms with van der Waals surface area (Å²) in [5.41, 5.74) is 0.371. The summed E-state index contributed by atoms with van der Waals surface area (Å²) < 4.78 is 19.9. The van der Waals surface area contributed by atoms with Gasteiger partial charge in [0.1, 0.15) is 11.6 Å². The summed E-state index contributed by atoms with van der Waals surface area (Å²) >= 11 is 3.30. The Balaban J connectivity index is 1.35. The smallest absolute Gasteiger partial charge is 0.276 e. The van der Waals surface area contributed by atoms with Gasteiger partial charge in [0.25, 0.3) is 5.91 Å². The van der Waals surface area contributed by atoms with E-state index < -0.39 is 5.82 Å². The van der Waals surface area contributed by atoms with Gasteiger partial charge in [0.15, 0.2) is 11.5 Å². The Bertz CT molecular complexity index is 1060. The highest BCUT2D eigenvalue weighted by molar-refractivity contribution is 9.10. The number of nitrogens with zero attached hydrogens (tertiary/aromatic N) is 3. The molecule has 2 aromatic heterocycles. The molecule has 3 aromatic rings. The van der Waals surface area contributed by atoms with Gasteiger partial charge in [-0.05, 0) is 53.0 Å². The molecule has 0 saturated carbocycles. The maximum atomic E-state index is 13.9. The van der Waals surface area contributed by atoms with Crippen LogP contribution in [0, 0.1) is 11.7 Å². The topological polar surface area (TPSA) is 88.3 Å². The summed E-state index contributed by atoms with van der Waals surface area (Å²) in [6.07, 6.45) is 2.68. The van der Waals surface area contributed by atoms with Crippen LogP contribution < -0.4 is 5.32 Å². The predicted octanol–water partition coefficient (Wildman–Crippen LogP) is 4.13. The van der Waals surface area contributed by atoms with Crippen molar-refractivity contribution in [2.24, 2.45) is 5.92 Å². The van der Waals surface area contributed by atoms with Gasteiger partial charge in [0.05, 0.1) is 5.56 Å². The fourth-order valence-corrected chi connectivity index (χ4v) is 3.58. The third-order valence-corrected chi connectivity index (χ3v) is 5.47. The molecule has 0 aliphatic carbocycles. The molecule has 2 amide bonds. The summed E-state index contributed by atoms with van der Waals surface area (Å²) in [6, 6.07) is 11.1. The van der Waals surface area contributed by atoms with Crippen LogP contribution in [-0.4, -0.2) is 39.9 Å². The van der Waals surface area contributed by atoms with Crippen molar-refractivity contribution in [3.05, 3.63) is 64.6 Å². The zero-order valence-corrected chi connectivity index (χ0v) is 17.4. The van der Waals surface area contributed by atoms with Gasteiger partial charge in [-0.15, -0.1) is 0 Å². The number of pyridine rings is 1. The molecular formula is C21H18BrFN4O3. The molecule has 4 rings (SSSR count). The van der Waals surface area contributed by atoms with E-state index in [0.717, 1.165) is 4.47 Å². The molecule has 7 nitrogen and oxygen atoms in total. The van der Waals surface area contributed by atoms with Crippen LogP contribution in [0.15, 0.2) is 57.7 Å². The maximum Gasteiger partial charge on any atom is 0.276 e. The van der Waals surface area contributed by atoms with Crippen molar-refractivity contribution in [2.45, 2.75) is 12.8 Å². The second kappa shape index (κ2) is 8.74. The normalized spacial score (nSPS) is 14.5. The van der Waals surface area contributed by atoms with Crippen molar-refractivity contribution in [1.82, 2.24) is 15.0 Å². The first-order valence-corrected chi connectivity index (χ1v) is 10.2. The van der Waals surface area contributed by atoms with Crippen molar-refractivity contribution in [3.8, 4) is 11.3 Å². The number of rotatable bonds is 4. The number of hydrogen-bond donors (Lipinski definition) is 1. The number of hydrogen-bond acceptors (Lipinski definition) is 5. The van der Waals surface area contributed by atoms with Crippen molar-refractivity contribution in [2.75, 3.05) is 18.4 Å². The molecule has 0 radical (unpaired) electrons. The van der Waals surface area contributed by atoms with Crippen molar-refractivity contribution in [3.63, 3.8) is 0 Å². The average molecular weight is 473 g/mol. The Kier molecular flexibility index (Phi) is 5.89. The van der Waals surface area contributed by atoms with Crippen LogP contribution in [-0.2, 0) is 4.79 Å². The SMILES string of the molecule is O=C(Nc1ccc(Br)cn1)C1CCN(C(=O)c2cc(-c3ccccc3F)on2)CC1. The van der Waals surface area contributed by atoms with Gasteiger partial charge < -0.3 is 14.7 Å². The molecule has 154 valence electrons. The van der Waals surface area contributed by atoms with Crippen LogP contribution in [0.2, 0.25) is 0 Å². The molecule has 1 aliphatic heterocycles. The van der Waals surface area contributed by atoms with Crippen LogP contribution in [0.4, 0.5) is 10.2 Å². The molecule has 1 aliphatic rings. The van der Waals surface area contributed by atoms with Gasteiger partial charge in [-0.2, -0.15) is 0 Å². The van der Waals surface area contributed by atoms with E-state index in [1.165, 1.54) is 12.1 Å². The van der Waals surface area contributed by atoms with Gasteiger partial charge in [-0.25, -0.2) is 9.37 Å². The quantitative estimate of drug-likeness (QED) is 0.616. The van der Waals surface area contributed by atoms with E-state index in [1.807, 2.05) is 0 Å². The molecule has 3 heterocycles. The fourth-order valence-electron chi connectivity index (χ4n) is 3.35. The highest BCUT2D eigenvalue weighted by Crippen LogP contribution is 2.25. The number of aromatic nitrogens is 2. The first kappa shape index (κ1) is 20.2. The highest BCUT2D eigenvalue weighted by Gasteiger charge is 2.29. The summed E-state index contributed by atoms with van der Waals surface area (Å²) in [6.45, 7) is 0.846. The first-order valence-electron chi connectivity index (χ1n) is 9.44. The van der Waals surface area contributed by atoms with Crippen LogP contribution in [0.1, 0.15) is 23.3 Å². The number of likely N-dealkylation sites (tertiary alicyclic amines) is 1. The van der Waals surface area contributed by atoms with Gasteiger partial charge >= 0.3 is 0 Å². The standard InChI is InChI=1S/C21H18BrFN4O3/c22-14-5-6-19(24-12-14)25-20(28)13-7-9-27(10-8-13)21(29)17-11-18(30-26-17)15-3-1-2-4-16(15)23/h1-6,11-13H,7-10H2,(H,24,25,28). The zero-order valence-electron chi connectivity index (χ0n) is 15.8. The van der Waals surface area contributed by atoms with Crippen molar-refractivity contribution < 1.29 is 18.5 Å². The monoisotopic (exact) mass is 472 g/mol. The van der Waals surface area contributed by atoms with Crippen molar-refractivity contribution in [1.29, 1.82) is 0 Å². The second-order valence-corrected chi connectivity index (χ2v) is 7.89. The number of amides is 2. The Labute approximate surface area is 180 Å². The predicted molar refractivity (Wildman–Crippen MR) is 111 cm³/mol. The van der Waals surface area contributed by atoms with Crippen LogP contribution in [0.3, 0.4) is 0 Å². The minimum atomic E-state index is -0.445. The van der Waals surface area contributed by atoms with E-state index in [4.69, 9.17) is 4.52 Å². The number of carbonyl (C=O) groups is 2. The number of piperidine rings is 1. The molecule has 0 unspecified atom stereocenters. The molecular weight excluding hydrogens is 455 g/mol. The van der Waals surface area contributed by atoms with Crippen LogP contribution in [0.5, 0.6) is 0 Å². The molecule has 0 spiro atoms. The van der Waals surface area contributed by atoms with E-state index in [-0.39, 0.29) is 34.7 Å². The maximum absolute atomic E-state index is 13.9. The van der Waals surface area contributed by atoms with Gasteiger partial charge in [0, 0.05) is 35.7 Å². The van der Waals surface area contributed by atoms with Crippen molar-refractivity contribution >= 4 is 33.6 Å². The fraction of sp³-hybridized carbons (Fsp3) is 0.238. The van der Waals surface area contributed by atoms with Gasteiger partial charge in [-0.3, -0.25) is 9.59 Å². The van der Waals surface area contributed by atoms with E-state index in [1.54, 1.807) is 41.4 Å². The number of anilines is 1. The summed E-state index contributed by atoms with van der Waals surface area (Å²) in [5, 5.41) is 6.61. The summed E-state index contributed by atoms with van der Waals surface area (Å²) in [4.78, 5) is 31.0. The molecule has 1 N–H and O–H groups in total. The second-order valence-electron chi connectivity index (χ2n) is 6.97. The first-order chi connectivity index (χ1) is 14.5. The average Bonchev–Trinajstić information content (AvgIpc) is 3.25. The number of carbonyl (C=O) groups excluding carboxylic acids is 2. The Morgan fingerprint density at radius 3 is 2.63 bits per heavy atom. The number of nitrogens with one attached hydrogen (secondary N) is 1. The minimum absolute atomic E-state index is 0.111. The lowest BCUT2D eigenvalue weighted by atomic mass is 9.95. The summed E-state index contributed by atoms with van der Waals surface area (Å²) in [5.74, 6) is -0.363. The lowest BCUT2D eigenvalue weighted by Gasteiger charge is -2.30. The zero-order chi connectivity index (χ0) is 21.1. The molecule has 0 bridgehead atoms. The Morgan fingerprint density at radius 2 is 1.93 bits per heavy atom. The highest BCUT2D eigenvalue weighted by atomic mass is 79.9. The molecule has 1 saturated heterocycles. The number of halogens is 2. The van der Waals surface area contributed by atoms with E-state index in [2.05, 4.69) is 31.4 Å². The Hall–Kier alpha value is -3.07. The Morgan fingerprint density at radius 1 is 1.17 bits per heavy atom. The lowest BCUT2D eigenvalue weighted by molar-refractivity contribution is -0.121. The van der Waals surface area contributed by atoms with E-state index >= 15 is 0 Å². The number of benzene rings is 1. The minimum Gasteiger partial charge on any atom is -0.355 e.